The van der Waals surface area contributed by atoms with Crippen LogP contribution >= 0.6 is 0 Å². The highest BCUT2D eigenvalue weighted by molar-refractivity contribution is 5.99. The Morgan fingerprint density at radius 3 is 3.13 bits per heavy atom. The van der Waals surface area contributed by atoms with Gasteiger partial charge >= 0.3 is 0 Å². The van der Waals surface area contributed by atoms with Crippen molar-refractivity contribution >= 4 is 5.71 Å². The lowest BCUT2D eigenvalue weighted by atomic mass is 10.1. The van der Waals surface area contributed by atoms with Crippen LogP contribution in [0.2, 0.25) is 0 Å². The lowest BCUT2D eigenvalue weighted by molar-refractivity contribution is 0.0774. The van der Waals surface area contributed by atoms with Crippen molar-refractivity contribution in [3.8, 4) is 0 Å². The molecule has 0 aliphatic carbocycles. The van der Waals surface area contributed by atoms with Crippen molar-refractivity contribution in [3.63, 3.8) is 0 Å². The number of oxime groups is 1. The van der Waals surface area contributed by atoms with Gasteiger partial charge in [-0.1, -0.05) is 24.6 Å². The second kappa shape index (κ2) is 4.91. The van der Waals surface area contributed by atoms with E-state index in [9.17, 15) is 0 Å². The summed E-state index contributed by atoms with van der Waals surface area (Å²) in [5, 5.41) is 4.09. The van der Waals surface area contributed by atoms with E-state index >= 15 is 0 Å². The lowest BCUT2D eigenvalue weighted by Gasteiger charge is -2.05. The Kier molecular flexibility index (Phi) is 3.33. The van der Waals surface area contributed by atoms with E-state index < -0.39 is 0 Å². The van der Waals surface area contributed by atoms with E-state index in [-0.39, 0.29) is 6.10 Å². The average Bonchev–Trinajstić information content (AvgIpc) is 2.76. The molecule has 0 aromatic carbocycles. The van der Waals surface area contributed by atoms with E-state index in [1.54, 1.807) is 6.20 Å². The number of unbranched alkanes of at least 4 members (excludes halogenated alkanes) is 1. The van der Waals surface area contributed by atoms with Gasteiger partial charge in [0.1, 0.15) is 11.8 Å². The van der Waals surface area contributed by atoms with Gasteiger partial charge in [0.05, 0.1) is 5.69 Å². The maximum atomic E-state index is 5.37. The van der Waals surface area contributed by atoms with Gasteiger partial charge in [0.2, 0.25) is 0 Å². The summed E-state index contributed by atoms with van der Waals surface area (Å²) in [7, 11) is 0. The van der Waals surface area contributed by atoms with Crippen LogP contribution in [0.25, 0.3) is 0 Å². The first kappa shape index (κ1) is 10.1. The quantitative estimate of drug-likeness (QED) is 0.755. The predicted molar refractivity (Wildman–Crippen MR) is 59.8 cm³/mol. The van der Waals surface area contributed by atoms with Crippen molar-refractivity contribution in [2.24, 2.45) is 5.16 Å². The maximum absolute atomic E-state index is 5.37. The van der Waals surface area contributed by atoms with Crippen LogP contribution in [0.1, 0.15) is 38.3 Å². The fourth-order valence-corrected chi connectivity index (χ4v) is 1.70. The zero-order valence-corrected chi connectivity index (χ0v) is 9.02. The van der Waals surface area contributed by atoms with E-state index in [1.807, 2.05) is 18.2 Å². The summed E-state index contributed by atoms with van der Waals surface area (Å²) >= 11 is 0. The molecule has 2 rings (SSSR count). The molecule has 1 atom stereocenters. The first-order chi connectivity index (χ1) is 7.40. The van der Waals surface area contributed by atoms with Gasteiger partial charge in [-0.05, 0) is 25.0 Å². The van der Waals surface area contributed by atoms with Crippen LogP contribution in [0.4, 0.5) is 0 Å². The molecule has 0 radical (unpaired) electrons. The number of pyridine rings is 1. The molecule has 1 unspecified atom stereocenters. The Morgan fingerprint density at radius 1 is 1.47 bits per heavy atom. The Labute approximate surface area is 90.2 Å². The molecule has 0 spiro atoms. The van der Waals surface area contributed by atoms with Crippen molar-refractivity contribution in [1.82, 2.24) is 4.98 Å². The second-order valence-electron chi connectivity index (χ2n) is 3.83. The minimum Gasteiger partial charge on any atom is -0.392 e. The van der Waals surface area contributed by atoms with Crippen LogP contribution in [0.15, 0.2) is 29.6 Å². The van der Waals surface area contributed by atoms with Crippen molar-refractivity contribution in [2.45, 2.75) is 38.7 Å². The van der Waals surface area contributed by atoms with Crippen molar-refractivity contribution in [1.29, 1.82) is 0 Å². The molecule has 0 N–H and O–H groups in total. The van der Waals surface area contributed by atoms with Gasteiger partial charge < -0.3 is 4.84 Å². The van der Waals surface area contributed by atoms with Gasteiger partial charge in [-0.3, -0.25) is 4.98 Å². The SMILES string of the molecule is CCCCC1CC(c2ccccn2)=NO1. The molecule has 0 fully saturated rings. The highest BCUT2D eigenvalue weighted by Gasteiger charge is 2.21. The van der Waals surface area contributed by atoms with Gasteiger partial charge in [-0.25, -0.2) is 0 Å². The summed E-state index contributed by atoms with van der Waals surface area (Å²) in [6.07, 6.45) is 6.46. The molecule has 2 heterocycles. The van der Waals surface area contributed by atoms with Crippen LogP contribution in [-0.2, 0) is 4.84 Å². The van der Waals surface area contributed by atoms with Crippen LogP contribution in [0.5, 0.6) is 0 Å². The summed E-state index contributed by atoms with van der Waals surface area (Å²) in [6, 6.07) is 5.86. The Balaban J connectivity index is 1.92. The summed E-state index contributed by atoms with van der Waals surface area (Å²) in [6.45, 7) is 2.19. The van der Waals surface area contributed by atoms with E-state index in [2.05, 4.69) is 17.1 Å². The standard InChI is InChI=1S/C12H16N2O/c1-2-3-6-10-9-12(14-15-10)11-7-4-5-8-13-11/h4-5,7-8,10H,2-3,6,9H2,1H3. The van der Waals surface area contributed by atoms with Crippen LogP contribution in [-0.4, -0.2) is 16.8 Å². The van der Waals surface area contributed by atoms with Gasteiger partial charge in [-0.2, -0.15) is 0 Å². The summed E-state index contributed by atoms with van der Waals surface area (Å²) in [5.74, 6) is 0. The van der Waals surface area contributed by atoms with E-state index in [4.69, 9.17) is 4.84 Å². The van der Waals surface area contributed by atoms with E-state index in [1.165, 1.54) is 12.8 Å². The topological polar surface area (TPSA) is 34.5 Å². The molecular weight excluding hydrogens is 188 g/mol. The summed E-state index contributed by atoms with van der Waals surface area (Å²) in [4.78, 5) is 9.63. The molecule has 0 amide bonds. The minimum absolute atomic E-state index is 0.266. The monoisotopic (exact) mass is 204 g/mol. The van der Waals surface area contributed by atoms with E-state index in [0.717, 1.165) is 24.2 Å². The number of rotatable bonds is 4. The molecule has 80 valence electrons. The molecule has 3 heteroatoms. The Hall–Kier alpha value is -1.38. The highest BCUT2D eigenvalue weighted by Crippen LogP contribution is 2.19. The zero-order valence-electron chi connectivity index (χ0n) is 9.02. The number of nitrogens with zero attached hydrogens (tertiary/aromatic N) is 2. The zero-order chi connectivity index (χ0) is 10.5. The molecule has 15 heavy (non-hydrogen) atoms. The molecule has 1 aliphatic heterocycles. The third-order valence-electron chi connectivity index (χ3n) is 2.57. The third kappa shape index (κ3) is 2.55. The summed E-state index contributed by atoms with van der Waals surface area (Å²) < 4.78 is 0. The first-order valence-corrected chi connectivity index (χ1v) is 5.54. The third-order valence-corrected chi connectivity index (χ3v) is 2.57. The van der Waals surface area contributed by atoms with Gasteiger partial charge in [0.25, 0.3) is 0 Å². The number of hydrogen-bond donors (Lipinski definition) is 0. The average molecular weight is 204 g/mol. The van der Waals surface area contributed by atoms with Crippen LogP contribution < -0.4 is 0 Å². The smallest absolute Gasteiger partial charge is 0.133 e. The largest absolute Gasteiger partial charge is 0.392 e. The highest BCUT2D eigenvalue weighted by atomic mass is 16.6. The molecule has 0 saturated heterocycles. The molecule has 1 aromatic rings. The predicted octanol–water partition coefficient (Wildman–Crippen LogP) is 2.76. The van der Waals surface area contributed by atoms with Crippen LogP contribution in [0.3, 0.4) is 0 Å². The molecule has 0 saturated carbocycles. The van der Waals surface area contributed by atoms with Crippen molar-refractivity contribution in [3.05, 3.63) is 30.1 Å². The maximum Gasteiger partial charge on any atom is 0.133 e. The Morgan fingerprint density at radius 2 is 2.40 bits per heavy atom. The summed E-state index contributed by atoms with van der Waals surface area (Å²) in [5.41, 5.74) is 1.92. The molecule has 1 aliphatic rings. The fourth-order valence-electron chi connectivity index (χ4n) is 1.70. The van der Waals surface area contributed by atoms with E-state index in [0.29, 0.717) is 0 Å². The van der Waals surface area contributed by atoms with Crippen molar-refractivity contribution in [2.75, 3.05) is 0 Å². The number of aromatic nitrogens is 1. The molecule has 3 nitrogen and oxygen atoms in total. The lowest BCUT2D eigenvalue weighted by Crippen LogP contribution is -2.08. The fraction of sp³-hybridized carbons (Fsp3) is 0.500. The Bertz CT molecular complexity index is 335. The van der Waals surface area contributed by atoms with Gasteiger partial charge in [-0.15, -0.1) is 0 Å². The van der Waals surface area contributed by atoms with Crippen molar-refractivity contribution < 1.29 is 4.84 Å². The van der Waals surface area contributed by atoms with Crippen LogP contribution in [0, 0.1) is 0 Å². The van der Waals surface area contributed by atoms with Gasteiger partial charge in [0, 0.05) is 12.6 Å². The minimum atomic E-state index is 0.266. The van der Waals surface area contributed by atoms with Gasteiger partial charge in [0.15, 0.2) is 0 Å². The molecule has 1 aromatic heterocycles. The molecule has 0 bridgehead atoms. The second-order valence-corrected chi connectivity index (χ2v) is 3.83. The molecular formula is C12H16N2O. The number of hydrogen-bond acceptors (Lipinski definition) is 3. The normalized spacial score (nSPS) is 19.8. The first-order valence-electron chi connectivity index (χ1n) is 5.54.